The molecule has 2 aromatic heterocycles. The van der Waals surface area contributed by atoms with Crippen LogP contribution in [0.25, 0.3) is 11.3 Å². The summed E-state index contributed by atoms with van der Waals surface area (Å²) in [4.78, 5) is 12.4. The summed E-state index contributed by atoms with van der Waals surface area (Å²) in [6, 6.07) is 9.09. The molecule has 0 unspecified atom stereocenters. The summed E-state index contributed by atoms with van der Waals surface area (Å²) in [5.41, 5.74) is -0.179. The van der Waals surface area contributed by atoms with Crippen molar-refractivity contribution in [3.8, 4) is 11.3 Å². The van der Waals surface area contributed by atoms with Crippen molar-refractivity contribution in [2.45, 2.75) is 19.6 Å². The monoisotopic (exact) mass is 350 g/mol. The van der Waals surface area contributed by atoms with E-state index in [1.165, 1.54) is 6.20 Å². The van der Waals surface area contributed by atoms with E-state index < -0.39 is 17.8 Å². The normalized spacial score (nSPS) is 11.5. The number of hydrogen-bond acceptors (Lipinski definition) is 4. The highest BCUT2D eigenvalue weighted by molar-refractivity contribution is 6.03. The summed E-state index contributed by atoms with van der Waals surface area (Å²) in [6.45, 7) is 1.74. The molecule has 3 rings (SSSR count). The number of anilines is 1. The Bertz CT molecular complexity index is 885. The topological polar surface area (TPSA) is 73.0 Å². The first-order valence-electron chi connectivity index (χ1n) is 7.36. The number of carbonyl (C=O) groups excluding carboxylic acids is 1. The van der Waals surface area contributed by atoms with Crippen molar-refractivity contribution < 1.29 is 22.5 Å². The highest BCUT2D eigenvalue weighted by atomic mass is 19.4. The minimum Gasteiger partial charge on any atom is -0.356 e. The zero-order valence-corrected chi connectivity index (χ0v) is 13.0. The number of rotatable bonds is 4. The van der Waals surface area contributed by atoms with Crippen LogP contribution in [-0.2, 0) is 12.7 Å². The standard InChI is InChI=1S/C16H13F3N4O2/c1-2-23-12(9-14(22-23)16(17,18)19)15(24)21-11-5-3-4-10(8-11)13-6-7-20-25-13/h3-9H,2H2,1H3,(H,21,24). The lowest BCUT2D eigenvalue weighted by Crippen LogP contribution is -2.17. The number of hydrogen-bond donors (Lipinski definition) is 1. The third kappa shape index (κ3) is 3.54. The molecule has 130 valence electrons. The Hall–Kier alpha value is -3.10. The lowest BCUT2D eigenvalue weighted by atomic mass is 10.1. The minimum absolute atomic E-state index is 0.136. The molecule has 0 saturated heterocycles. The summed E-state index contributed by atoms with van der Waals surface area (Å²) in [5, 5.41) is 9.60. The Morgan fingerprint density at radius 1 is 1.28 bits per heavy atom. The van der Waals surface area contributed by atoms with Crippen LogP contribution in [0, 0.1) is 0 Å². The highest BCUT2D eigenvalue weighted by Gasteiger charge is 2.35. The summed E-state index contributed by atoms with van der Waals surface area (Å²) < 4.78 is 44.4. The Labute approximate surface area is 140 Å². The molecule has 0 bridgehead atoms. The van der Waals surface area contributed by atoms with Crippen LogP contribution in [0.15, 0.2) is 47.1 Å². The Morgan fingerprint density at radius 3 is 2.72 bits per heavy atom. The van der Waals surface area contributed by atoms with Crippen LogP contribution in [0.3, 0.4) is 0 Å². The van der Waals surface area contributed by atoms with Gasteiger partial charge in [0.25, 0.3) is 5.91 Å². The Kier molecular flexibility index (Phi) is 4.30. The van der Waals surface area contributed by atoms with Crippen molar-refractivity contribution >= 4 is 11.6 Å². The van der Waals surface area contributed by atoms with Gasteiger partial charge in [0.05, 0.1) is 6.20 Å². The van der Waals surface area contributed by atoms with Crippen LogP contribution in [0.2, 0.25) is 0 Å². The number of alkyl halides is 3. The van der Waals surface area contributed by atoms with Gasteiger partial charge in [0.2, 0.25) is 0 Å². The van der Waals surface area contributed by atoms with Gasteiger partial charge < -0.3 is 9.84 Å². The SMILES string of the molecule is CCn1nc(C(F)(F)F)cc1C(=O)Nc1cccc(-c2ccno2)c1. The van der Waals surface area contributed by atoms with Gasteiger partial charge in [-0.3, -0.25) is 9.48 Å². The van der Waals surface area contributed by atoms with Crippen molar-refractivity contribution in [2.75, 3.05) is 5.32 Å². The summed E-state index contributed by atoms with van der Waals surface area (Å²) >= 11 is 0. The molecule has 6 nitrogen and oxygen atoms in total. The van der Waals surface area contributed by atoms with Gasteiger partial charge in [0, 0.05) is 29.9 Å². The first-order valence-corrected chi connectivity index (χ1v) is 7.36. The molecule has 25 heavy (non-hydrogen) atoms. The zero-order valence-electron chi connectivity index (χ0n) is 13.0. The van der Waals surface area contributed by atoms with Gasteiger partial charge in [0.1, 0.15) is 5.69 Å². The number of aromatic nitrogens is 3. The van der Waals surface area contributed by atoms with Crippen LogP contribution < -0.4 is 5.32 Å². The largest absolute Gasteiger partial charge is 0.435 e. The molecule has 0 saturated carbocycles. The molecular formula is C16H13F3N4O2. The van der Waals surface area contributed by atoms with E-state index >= 15 is 0 Å². The number of nitrogens with zero attached hydrogens (tertiary/aromatic N) is 3. The van der Waals surface area contributed by atoms with Crippen LogP contribution in [-0.4, -0.2) is 20.8 Å². The van der Waals surface area contributed by atoms with E-state index in [9.17, 15) is 18.0 Å². The Morgan fingerprint density at radius 2 is 2.08 bits per heavy atom. The van der Waals surface area contributed by atoms with Crippen LogP contribution in [0.1, 0.15) is 23.1 Å². The van der Waals surface area contributed by atoms with E-state index in [0.717, 1.165) is 10.7 Å². The molecule has 0 aliphatic rings. The molecule has 0 atom stereocenters. The van der Waals surface area contributed by atoms with Crippen molar-refractivity contribution in [2.24, 2.45) is 0 Å². The molecule has 0 aliphatic carbocycles. The number of nitrogens with one attached hydrogen (secondary N) is 1. The molecule has 3 aromatic rings. The fourth-order valence-electron chi connectivity index (χ4n) is 2.29. The summed E-state index contributed by atoms with van der Waals surface area (Å²) in [5.74, 6) is -0.173. The first-order chi connectivity index (χ1) is 11.9. The van der Waals surface area contributed by atoms with E-state index in [0.29, 0.717) is 17.0 Å². The summed E-state index contributed by atoms with van der Waals surface area (Å²) in [7, 11) is 0. The molecule has 9 heteroatoms. The molecule has 1 N–H and O–H groups in total. The van der Waals surface area contributed by atoms with Crippen molar-refractivity contribution in [1.82, 2.24) is 14.9 Å². The van der Waals surface area contributed by atoms with Gasteiger partial charge >= 0.3 is 6.18 Å². The molecule has 0 fully saturated rings. The second kappa shape index (κ2) is 6.42. The molecule has 0 aliphatic heterocycles. The highest BCUT2D eigenvalue weighted by Crippen LogP contribution is 2.29. The van der Waals surface area contributed by atoms with Gasteiger partial charge in [-0.15, -0.1) is 0 Å². The second-order valence-corrected chi connectivity index (χ2v) is 5.14. The van der Waals surface area contributed by atoms with Crippen LogP contribution in [0.5, 0.6) is 0 Å². The van der Waals surface area contributed by atoms with Gasteiger partial charge in [-0.2, -0.15) is 18.3 Å². The van der Waals surface area contributed by atoms with E-state index in [-0.39, 0.29) is 12.2 Å². The third-order valence-electron chi connectivity index (χ3n) is 3.45. The van der Waals surface area contributed by atoms with E-state index in [4.69, 9.17) is 4.52 Å². The van der Waals surface area contributed by atoms with E-state index in [1.807, 2.05) is 0 Å². The molecule has 0 radical (unpaired) electrons. The number of halogens is 3. The second-order valence-electron chi connectivity index (χ2n) is 5.14. The molecular weight excluding hydrogens is 337 g/mol. The van der Waals surface area contributed by atoms with E-state index in [1.54, 1.807) is 37.3 Å². The predicted molar refractivity (Wildman–Crippen MR) is 82.8 cm³/mol. The first kappa shape index (κ1) is 16.7. The van der Waals surface area contributed by atoms with Crippen molar-refractivity contribution in [3.63, 3.8) is 0 Å². The average Bonchev–Trinajstić information content (AvgIpc) is 3.24. The lowest BCUT2D eigenvalue weighted by molar-refractivity contribution is -0.141. The maximum atomic E-state index is 12.8. The zero-order chi connectivity index (χ0) is 18.0. The molecule has 0 spiro atoms. The number of aryl methyl sites for hydroxylation is 1. The number of carbonyl (C=O) groups is 1. The maximum Gasteiger partial charge on any atom is 0.435 e. The van der Waals surface area contributed by atoms with Gasteiger partial charge in [0.15, 0.2) is 11.5 Å². The number of benzene rings is 1. The van der Waals surface area contributed by atoms with Crippen LogP contribution in [0.4, 0.5) is 18.9 Å². The quantitative estimate of drug-likeness (QED) is 0.776. The molecule has 2 heterocycles. The van der Waals surface area contributed by atoms with E-state index in [2.05, 4.69) is 15.6 Å². The van der Waals surface area contributed by atoms with Crippen molar-refractivity contribution in [1.29, 1.82) is 0 Å². The fraction of sp³-hybridized carbons (Fsp3) is 0.188. The fourth-order valence-corrected chi connectivity index (χ4v) is 2.29. The molecule has 1 aromatic carbocycles. The van der Waals surface area contributed by atoms with Crippen LogP contribution >= 0.6 is 0 Å². The Balaban J connectivity index is 1.86. The lowest BCUT2D eigenvalue weighted by Gasteiger charge is -2.07. The molecule has 1 amide bonds. The van der Waals surface area contributed by atoms with Gasteiger partial charge in [-0.1, -0.05) is 17.3 Å². The third-order valence-corrected chi connectivity index (χ3v) is 3.45. The van der Waals surface area contributed by atoms with Crippen molar-refractivity contribution in [3.05, 3.63) is 54.0 Å². The maximum absolute atomic E-state index is 12.8. The average molecular weight is 350 g/mol. The van der Waals surface area contributed by atoms with Gasteiger partial charge in [-0.25, -0.2) is 0 Å². The smallest absolute Gasteiger partial charge is 0.356 e. The van der Waals surface area contributed by atoms with Gasteiger partial charge in [-0.05, 0) is 19.1 Å². The summed E-state index contributed by atoms with van der Waals surface area (Å²) in [6.07, 6.45) is -3.12. The minimum atomic E-state index is -4.61. The number of amides is 1. The predicted octanol–water partition coefficient (Wildman–Crippen LogP) is 3.83.